The molecule has 0 aromatic carbocycles. The Morgan fingerprint density at radius 2 is 0.911 bits per heavy atom. The maximum Gasteiger partial charge on any atom is 0.217 e. The van der Waals surface area contributed by atoms with Gasteiger partial charge < -0.3 is 114 Å². The summed E-state index contributed by atoms with van der Waals surface area (Å²) in [4.78, 5) is 12.0. The second kappa shape index (κ2) is 18.9. The number of ether oxygens (including phenoxy) is 9. The molecule has 0 aromatic heterocycles. The zero-order chi connectivity index (χ0) is 41.5. The highest BCUT2D eigenvalue weighted by Crippen LogP contribution is 2.37. The molecule has 0 radical (unpaired) electrons. The van der Waals surface area contributed by atoms with Crippen LogP contribution in [0.15, 0.2) is 0 Å². The molecule has 25 unspecified atom stereocenters. The Hall–Kier alpha value is -1.41. The van der Waals surface area contributed by atoms with Gasteiger partial charge in [0, 0.05) is 6.92 Å². The zero-order valence-corrected chi connectivity index (χ0v) is 30.7. The Morgan fingerprint density at radius 1 is 0.464 bits per heavy atom. The number of amides is 1. The lowest BCUT2D eigenvalue weighted by atomic mass is 9.94. The molecule has 5 aliphatic rings. The lowest BCUT2D eigenvalue weighted by molar-refractivity contribution is -0.402. The fourth-order valence-corrected chi connectivity index (χ4v) is 7.26. The first-order valence-corrected chi connectivity index (χ1v) is 18.2. The summed E-state index contributed by atoms with van der Waals surface area (Å²) >= 11 is 0. The van der Waals surface area contributed by atoms with Crippen LogP contribution < -0.4 is 5.32 Å². The molecule has 0 spiro atoms. The normalized spacial score (nSPS) is 53.1. The molecule has 0 aromatic rings. The lowest BCUT2D eigenvalue weighted by Gasteiger charge is -2.51. The minimum atomic E-state index is -2.06. The Morgan fingerprint density at radius 3 is 1.50 bits per heavy atom. The summed E-state index contributed by atoms with van der Waals surface area (Å²) in [5.41, 5.74) is 0. The minimum Gasteiger partial charge on any atom is -0.394 e. The summed E-state index contributed by atoms with van der Waals surface area (Å²) in [6.07, 6.45) is -40.5. The molecule has 5 aliphatic heterocycles. The first-order valence-electron chi connectivity index (χ1n) is 18.2. The first kappa shape index (κ1) is 45.7. The molecular weight excluding hydrogens is 766 g/mol. The third-order valence-electron chi connectivity index (χ3n) is 10.6. The van der Waals surface area contributed by atoms with Crippen molar-refractivity contribution in [3.63, 3.8) is 0 Å². The van der Waals surface area contributed by atoms with E-state index in [4.69, 9.17) is 42.6 Å². The van der Waals surface area contributed by atoms with E-state index >= 15 is 0 Å². The third-order valence-corrected chi connectivity index (χ3v) is 10.6. The molecule has 1 amide bonds. The average Bonchev–Trinajstić information content (AvgIpc) is 3.15. The maximum atomic E-state index is 12.0. The van der Waals surface area contributed by atoms with Crippen LogP contribution in [0.1, 0.15) is 27.7 Å². The van der Waals surface area contributed by atoms with Crippen molar-refractivity contribution < 1.29 is 114 Å². The summed E-state index contributed by atoms with van der Waals surface area (Å²) in [6.45, 7) is 3.55. The van der Waals surface area contributed by atoms with Gasteiger partial charge in [-0.1, -0.05) is 0 Å². The van der Waals surface area contributed by atoms with Gasteiger partial charge in [-0.2, -0.15) is 0 Å². The summed E-state index contributed by atoms with van der Waals surface area (Å²) in [5.74, 6) is -0.688. The van der Waals surface area contributed by atoms with E-state index in [1.165, 1.54) is 20.8 Å². The number of hydrogen-bond donors (Lipinski definition) is 14. The highest BCUT2D eigenvalue weighted by atomic mass is 16.8. The van der Waals surface area contributed by atoms with Crippen LogP contribution in [0.4, 0.5) is 0 Å². The highest BCUT2D eigenvalue weighted by molar-refractivity contribution is 5.73. The van der Waals surface area contributed by atoms with Crippen LogP contribution in [0, 0.1) is 0 Å². The number of aliphatic hydroxyl groups excluding tert-OH is 13. The number of rotatable bonds is 11. The zero-order valence-electron chi connectivity index (χ0n) is 30.7. The summed E-state index contributed by atoms with van der Waals surface area (Å²) < 4.78 is 52.0. The lowest BCUT2D eigenvalue weighted by Crippen LogP contribution is -2.69. The maximum absolute atomic E-state index is 12.0. The molecule has 56 heavy (non-hydrogen) atoms. The predicted molar refractivity (Wildman–Crippen MR) is 174 cm³/mol. The molecule has 5 fully saturated rings. The van der Waals surface area contributed by atoms with Gasteiger partial charge in [0.2, 0.25) is 5.91 Å². The van der Waals surface area contributed by atoms with Crippen LogP contribution in [0.2, 0.25) is 0 Å². The molecule has 25 atom stereocenters. The fraction of sp³-hybridized carbons (Fsp3) is 0.969. The van der Waals surface area contributed by atoms with Gasteiger partial charge >= 0.3 is 0 Å². The van der Waals surface area contributed by atoms with E-state index in [1.54, 1.807) is 0 Å². The van der Waals surface area contributed by atoms with Crippen molar-refractivity contribution in [2.45, 2.75) is 181 Å². The quantitative estimate of drug-likeness (QED) is 0.0920. The number of nitrogens with one attached hydrogen (secondary N) is 1. The van der Waals surface area contributed by atoms with E-state index in [2.05, 4.69) is 5.32 Å². The largest absolute Gasteiger partial charge is 0.394 e. The average molecular weight is 822 g/mol. The van der Waals surface area contributed by atoms with E-state index in [0.717, 1.165) is 6.92 Å². The Bertz CT molecular complexity index is 1270. The van der Waals surface area contributed by atoms with Gasteiger partial charge in [-0.25, -0.2) is 0 Å². The van der Waals surface area contributed by atoms with E-state index in [9.17, 15) is 71.2 Å². The van der Waals surface area contributed by atoms with Gasteiger partial charge in [-0.15, -0.1) is 0 Å². The monoisotopic (exact) mass is 821 g/mol. The second-order valence-corrected chi connectivity index (χ2v) is 14.6. The van der Waals surface area contributed by atoms with Crippen molar-refractivity contribution in [1.82, 2.24) is 5.32 Å². The van der Waals surface area contributed by atoms with Crippen LogP contribution in [0.5, 0.6) is 0 Å². The van der Waals surface area contributed by atoms with Crippen molar-refractivity contribution in [2.24, 2.45) is 0 Å². The van der Waals surface area contributed by atoms with Crippen LogP contribution >= 0.6 is 0 Å². The Balaban J connectivity index is 1.48. The van der Waals surface area contributed by atoms with Gasteiger partial charge in [0.05, 0.1) is 31.5 Å². The van der Waals surface area contributed by atoms with Crippen LogP contribution in [-0.4, -0.2) is 239 Å². The molecule has 0 aliphatic carbocycles. The van der Waals surface area contributed by atoms with Crippen molar-refractivity contribution in [1.29, 1.82) is 0 Å². The van der Waals surface area contributed by atoms with Crippen LogP contribution in [-0.2, 0) is 47.4 Å². The van der Waals surface area contributed by atoms with Crippen LogP contribution in [0.25, 0.3) is 0 Å². The number of hydrogen-bond acceptors (Lipinski definition) is 23. The minimum absolute atomic E-state index is 0.688. The van der Waals surface area contributed by atoms with Gasteiger partial charge in [0.1, 0.15) is 104 Å². The van der Waals surface area contributed by atoms with E-state index in [-0.39, 0.29) is 0 Å². The van der Waals surface area contributed by atoms with Gasteiger partial charge in [0.15, 0.2) is 31.5 Å². The second-order valence-electron chi connectivity index (χ2n) is 14.6. The number of aliphatic hydroxyl groups is 13. The molecule has 5 rings (SSSR count). The SMILES string of the molecule is CC(=O)NC1C(O)OC(CO)C(O)C1OC1OC(C)C(OC2OC(CO)C(O)C(O)C2O)C(OC2OC(C)C(O)C(O)C2OC2OC(C)C(O)C(O)C2O)C1O. The van der Waals surface area contributed by atoms with E-state index < -0.39 is 173 Å². The Kier molecular flexibility index (Phi) is 15.4. The van der Waals surface area contributed by atoms with E-state index in [0.29, 0.717) is 0 Å². The predicted octanol–water partition coefficient (Wildman–Crippen LogP) is -8.70. The van der Waals surface area contributed by atoms with Crippen molar-refractivity contribution in [3.05, 3.63) is 0 Å². The summed E-state index contributed by atoms with van der Waals surface area (Å²) in [7, 11) is 0. The van der Waals surface area contributed by atoms with Gasteiger partial charge in [0.25, 0.3) is 0 Å². The highest BCUT2D eigenvalue weighted by Gasteiger charge is 2.57. The third kappa shape index (κ3) is 9.31. The van der Waals surface area contributed by atoms with Gasteiger partial charge in [-0.3, -0.25) is 4.79 Å². The van der Waals surface area contributed by atoms with E-state index in [1.807, 2.05) is 0 Å². The molecule has 24 nitrogen and oxygen atoms in total. The molecular formula is C32H55NO23. The molecule has 0 saturated carbocycles. The first-order chi connectivity index (χ1) is 26.3. The molecule has 14 N–H and O–H groups in total. The fourth-order valence-electron chi connectivity index (χ4n) is 7.26. The molecule has 5 saturated heterocycles. The smallest absolute Gasteiger partial charge is 0.217 e. The standard InChI is InChI=1S/C32H55NO23/c1-7-14(37)18(41)21(44)29(48-7)56-27-20(43)15(38)8(2)49-32(27)55-26-23(46)31(54-25-13(33-10(4)36)28(47)51-12(6-35)17(25)40)50-9(3)24(26)53-30-22(45)19(42)16(39)11(5-34)52-30/h7-9,11-32,34-35,37-47H,5-6H2,1-4H3,(H,33,36). The van der Waals surface area contributed by atoms with Crippen LogP contribution in [0.3, 0.4) is 0 Å². The number of carbonyl (C=O) groups is 1. The Labute approximate surface area is 319 Å². The topological polar surface area (TPSA) is 375 Å². The van der Waals surface area contributed by atoms with Crippen molar-refractivity contribution in [3.8, 4) is 0 Å². The summed E-state index contributed by atoms with van der Waals surface area (Å²) in [5, 5.41) is 140. The molecule has 5 heterocycles. The number of carbonyl (C=O) groups excluding carboxylic acids is 1. The van der Waals surface area contributed by atoms with Crippen molar-refractivity contribution >= 4 is 5.91 Å². The molecule has 24 heteroatoms. The molecule has 0 bridgehead atoms. The molecule has 326 valence electrons. The van der Waals surface area contributed by atoms with Gasteiger partial charge in [-0.05, 0) is 20.8 Å². The summed E-state index contributed by atoms with van der Waals surface area (Å²) in [6, 6.07) is -1.49. The van der Waals surface area contributed by atoms with Crippen molar-refractivity contribution in [2.75, 3.05) is 13.2 Å².